The van der Waals surface area contributed by atoms with Gasteiger partial charge in [-0.2, -0.15) is 0 Å². The molecule has 4 nitrogen and oxygen atoms in total. The van der Waals surface area contributed by atoms with Crippen molar-refractivity contribution in [3.05, 3.63) is 46.1 Å². The van der Waals surface area contributed by atoms with Crippen molar-refractivity contribution < 1.29 is 9.21 Å². The maximum Gasteiger partial charge on any atom is 0.224 e. The van der Waals surface area contributed by atoms with Gasteiger partial charge >= 0.3 is 0 Å². The Morgan fingerprint density at radius 2 is 2.00 bits per heavy atom. The second-order valence-corrected chi connectivity index (χ2v) is 7.22. The summed E-state index contributed by atoms with van der Waals surface area (Å²) in [4.78, 5) is 16.6. The van der Waals surface area contributed by atoms with E-state index in [4.69, 9.17) is 16.0 Å². The van der Waals surface area contributed by atoms with Crippen LogP contribution in [-0.4, -0.2) is 10.9 Å². The van der Waals surface area contributed by atoms with E-state index in [1.165, 1.54) is 0 Å². The third-order valence-electron chi connectivity index (χ3n) is 3.58. The van der Waals surface area contributed by atoms with Crippen molar-refractivity contribution in [1.82, 2.24) is 4.98 Å². The van der Waals surface area contributed by atoms with Crippen LogP contribution < -0.4 is 5.32 Å². The Bertz CT molecular complexity index is 714. The molecule has 1 amide bonds. The van der Waals surface area contributed by atoms with Crippen LogP contribution in [0, 0.1) is 13.8 Å². The van der Waals surface area contributed by atoms with Crippen molar-refractivity contribution in [3.8, 4) is 0 Å². The van der Waals surface area contributed by atoms with Crippen molar-refractivity contribution in [2.24, 2.45) is 0 Å². The predicted molar refractivity (Wildman–Crippen MR) is 93.1 cm³/mol. The summed E-state index contributed by atoms with van der Waals surface area (Å²) in [6.45, 7) is 9.99. The minimum atomic E-state index is -0.133. The van der Waals surface area contributed by atoms with Crippen LogP contribution in [0.1, 0.15) is 50.1 Å². The number of nitrogens with one attached hydrogen (secondary N) is 1. The van der Waals surface area contributed by atoms with Gasteiger partial charge in [0.15, 0.2) is 5.89 Å². The Kier molecular flexibility index (Phi) is 5.15. The number of hydrogen-bond donors (Lipinski definition) is 1. The molecular formula is C18H23ClN2O2. The lowest BCUT2D eigenvalue weighted by molar-refractivity contribution is -0.116. The number of carbonyl (C=O) groups is 1. The highest BCUT2D eigenvalue weighted by Crippen LogP contribution is 2.25. The van der Waals surface area contributed by atoms with Gasteiger partial charge in [-0.3, -0.25) is 4.79 Å². The van der Waals surface area contributed by atoms with Gasteiger partial charge in [-0.05, 0) is 37.6 Å². The zero-order valence-electron chi connectivity index (χ0n) is 14.3. The zero-order chi connectivity index (χ0) is 17.2. The molecule has 1 aromatic heterocycles. The van der Waals surface area contributed by atoms with E-state index in [1.54, 1.807) is 6.07 Å². The smallest absolute Gasteiger partial charge is 0.224 e. The van der Waals surface area contributed by atoms with Crippen LogP contribution in [0.2, 0.25) is 5.02 Å². The molecule has 0 aliphatic heterocycles. The summed E-state index contributed by atoms with van der Waals surface area (Å²) in [5.41, 5.74) is 2.44. The van der Waals surface area contributed by atoms with Crippen molar-refractivity contribution >= 4 is 23.2 Å². The summed E-state index contributed by atoms with van der Waals surface area (Å²) >= 11 is 5.92. The van der Waals surface area contributed by atoms with Crippen LogP contribution in [0.3, 0.4) is 0 Å². The fourth-order valence-electron chi connectivity index (χ4n) is 2.19. The standard InChI is InChI=1S/C18H23ClN2O2/c1-11-10-13(19)6-7-14(11)21-16(22)9-8-15-12(2)20-17(23-15)18(3,4)5/h6-7,10H,8-9H2,1-5H3,(H,21,22). The molecule has 0 unspecified atom stereocenters. The number of nitrogens with zero attached hydrogens (tertiary/aromatic N) is 1. The molecule has 0 saturated carbocycles. The molecule has 0 aliphatic carbocycles. The quantitative estimate of drug-likeness (QED) is 0.872. The Balaban J connectivity index is 1.98. The third-order valence-corrected chi connectivity index (χ3v) is 3.81. The number of carbonyl (C=O) groups excluding carboxylic acids is 1. The Morgan fingerprint density at radius 1 is 1.30 bits per heavy atom. The minimum Gasteiger partial charge on any atom is -0.445 e. The second kappa shape index (κ2) is 6.75. The van der Waals surface area contributed by atoms with Crippen molar-refractivity contribution in [2.45, 2.75) is 52.9 Å². The lowest BCUT2D eigenvalue weighted by atomic mass is 9.97. The van der Waals surface area contributed by atoms with E-state index in [9.17, 15) is 4.79 Å². The van der Waals surface area contributed by atoms with Crippen LogP contribution in [0.5, 0.6) is 0 Å². The number of aryl methyl sites for hydroxylation is 3. The summed E-state index contributed by atoms with van der Waals surface area (Å²) in [5.74, 6) is 1.43. The molecule has 1 N–H and O–H groups in total. The molecule has 0 spiro atoms. The average Bonchev–Trinajstić information content (AvgIpc) is 2.81. The highest BCUT2D eigenvalue weighted by atomic mass is 35.5. The largest absolute Gasteiger partial charge is 0.445 e. The number of benzene rings is 1. The summed E-state index contributed by atoms with van der Waals surface area (Å²) < 4.78 is 5.81. The van der Waals surface area contributed by atoms with Gasteiger partial charge in [0.25, 0.3) is 0 Å². The molecule has 124 valence electrons. The lowest BCUT2D eigenvalue weighted by Gasteiger charge is -2.12. The SMILES string of the molecule is Cc1cc(Cl)ccc1NC(=O)CCc1oc(C(C)(C)C)nc1C. The second-order valence-electron chi connectivity index (χ2n) is 6.79. The van der Waals surface area contributed by atoms with Crippen molar-refractivity contribution in [1.29, 1.82) is 0 Å². The normalized spacial score (nSPS) is 11.6. The summed E-state index contributed by atoms with van der Waals surface area (Å²) in [6.07, 6.45) is 0.884. The number of anilines is 1. The molecule has 1 heterocycles. The van der Waals surface area contributed by atoms with Gasteiger partial charge in [0.1, 0.15) is 5.76 Å². The first kappa shape index (κ1) is 17.5. The maximum absolute atomic E-state index is 12.1. The molecule has 5 heteroatoms. The van der Waals surface area contributed by atoms with Gasteiger partial charge in [0.2, 0.25) is 5.91 Å². The van der Waals surface area contributed by atoms with Crippen LogP contribution in [0.15, 0.2) is 22.6 Å². The topological polar surface area (TPSA) is 55.1 Å². The molecular weight excluding hydrogens is 312 g/mol. The van der Waals surface area contributed by atoms with Gasteiger partial charge in [0, 0.05) is 29.0 Å². The summed E-state index contributed by atoms with van der Waals surface area (Å²) in [7, 11) is 0. The molecule has 23 heavy (non-hydrogen) atoms. The number of rotatable bonds is 4. The molecule has 0 aliphatic rings. The van der Waals surface area contributed by atoms with Crippen LogP contribution in [-0.2, 0) is 16.6 Å². The number of aromatic nitrogens is 1. The van der Waals surface area contributed by atoms with Crippen molar-refractivity contribution in [3.63, 3.8) is 0 Å². The van der Waals surface area contributed by atoms with Gasteiger partial charge in [0.05, 0.1) is 5.69 Å². The lowest BCUT2D eigenvalue weighted by Crippen LogP contribution is -2.13. The van der Waals surface area contributed by atoms with Gasteiger partial charge in [-0.1, -0.05) is 32.4 Å². The molecule has 2 rings (SSSR count). The van der Waals surface area contributed by atoms with E-state index in [1.807, 2.05) is 26.0 Å². The van der Waals surface area contributed by atoms with Crippen molar-refractivity contribution in [2.75, 3.05) is 5.32 Å². The third kappa shape index (κ3) is 4.58. The van der Waals surface area contributed by atoms with Gasteiger partial charge in [-0.25, -0.2) is 4.98 Å². The molecule has 0 bridgehead atoms. The Hall–Kier alpha value is -1.81. The Morgan fingerprint density at radius 3 is 2.57 bits per heavy atom. The van der Waals surface area contributed by atoms with E-state index in [0.717, 1.165) is 22.7 Å². The Labute approximate surface area is 142 Å². The van der Waals surface area contributed by atoms with Gasteiger partial charge in [-0.15, -0.1) is 0 Å². The number of amides is 1. The fraction of sp³-hybridized carbons (Fsp3) is 0.444. The fourth-order valence-corrected chi connectivity index (χ4v) is 2.41. The van der Waals surface area contributed by atoms with Crippen LogP contribution in [0.25, 0.3) is 0 Å². The monoisotopic (exact) mass is 334 g/mol. The molecule has 0 radical (unpaired) electrons. The average molecular weight is 335 g/mol. The molecule has 2 aromatic rings. The number of oxazole rings is 1. The number of hydrogen-bond acceptors (Lipinski definition) is 3. The highest BCUT2D eigenvalue weighted by Gasteiger charge is 2.22. The molecule has 0 fully saturated rings. The highest BCUT2D eigenvalue weighted by molar-refractivity contribution is 6.30. The number of halogens is 1. The first-order chi connectivity index (χ1) is 10.7. The minimum absolute atomic E-state index is 0.0523. The zero-order valence-corrected chi connectivity index (χ0v) is 15.0. The summed E-state index contributed by atoms with van der Waals surface area (Å²) in [6, 6.07) is 5.40. The predicted octanol–water partition coefficient (Wildman–Crippen LogP) is 4.81. The molecule has 1 aromatic carbocycles. The maximum atomic E-state index is 12.1. The van der Waals surface area contributed by atoms with Gasteiger partial charge < -0.3 is 9.73 Å². The first-order valence-corrected chi connectivity index (χ1v) is 8.07. The van der Waals surface area contributed by atoms with E-state index < -0.39 is 0 Å². The molecule has 0 saturated heterocycles. The van der Waals surface area contributed by atoms with Crippen LogP contribution >= 0.6 is 11.6 Å². The van der Waals surface area contributed by atoms with E-state index in [2.05, 4.69) is 31.1 Å². The van der Waals surface area contributed by atoms with E-state index in [0.29, 0.717) is 23.8 Å². The molecule has 0 atom stereocenters. The van der Waals surface area contributed by atoms with E-state index >= 15 is 0 Å². The van der Waals surface area contributed by atoms with E-state index in [-0.39, 0.29) is 11.3 Å². The first-order valence-electron chi connectivity index (χ1n) is 7.69. The van der Waals surface area contributed by atoms with Crippen LogP contribution in [0.4, 0.5) is 5.69 Å². The summed E-state index contributed by atoms with van der Waals surface area (Å²) in [5, 5.41) is 3.56.